The van der Waals surface area contributed by atoms with E-state index >= 15 is 8.78 Å². The number of nitrogens with one attached hydrogen (secondary N) is 1. The summed E-state index contributed by atoms with van der Waals surface area (Å²) in [6.45, 7) is 2.68. The van der Waals surface area contributed by atoms with Gasteiger partial charge in [-0.15, -0.1) is 5.10 Å². The number of phenols is 1. The number of fused-ring (bicyclic) bond motifs is 5. The van der Waals surface area contributed by atoms with Crippen molar-refractivity contribution in [1.82, 2.24) is 24.8 Å². The van der Waals surface area contributed by atoms with Gasteiger partial charge in [-0.3, -0.25) is 4.90 Å². The summed E-state index contributed by atoms with van der Waals surface area (Å²) < 4.78 is 67.3. The third-order valence-corrected chi connectivity index (χ3v) is 9.56. The topological polar surface area (TPSA) is 78.2 Å². The Morgan fingerprint density at radius 2 is 1.86 bits per heavy atom. The van der Waals surface area contributed by atoms with Gasteiger partial charge in [0.2, 0.25) is 5.95 Å². The molecule has 2 aromatic carbocycles. The van der Waals surface area contributed by atoms with Gasteiger partial charge in [-0.05, 0) is 61.9 Å². The van der Waals surface area contributed by atoms with E-state index in [9.17, 15) is 13.9 Å². The van der Waals surface area contributed by atoms with E-state index in [4.69, 9.17) is 9.72 Å². The van der Waals surface area contributed by atoms with Crippen molar-refractivity contribution in [1.29, 1.82) is 0 Å². The lowest BCUT2D eigenvalue weighted by molar-refractivity contribution is 0.106. The van der Waals surface area contributed by atoms with Crippen molar-refractivity contribution in [3.63, 3.8) is 0 Å². The molecule has 0 radical (unpaired) electrons. The van der Waals surface area contributed by atoms with Crippen LogP contribution < -0.4 is 15.0 Å². The zero-order chi connectivity index (χ0) is 28.7. The van der Waals surface area contributed by atoms with Crippen LogP contribution in [0.4, 0.5) is 23.4 Å². The molecule has 4 fully saturated rings. The maximum absolute atomic E-state index is 16.3. The van der Waals surface area contributed by atoms with Crippen molar-refractivity contribution in [3.05, 3.63) is 47.9 Å². The minimum atomic E-state index is -1.13. The van der Waals surface area contributed by atoms with Crippen LogP contribution in [-0.4, -0.2) is 81.2 Å². The molecule has 4 aliphatic heterocycles. The number of phenolic OH excluding ortho intramolecular Hbond substituents is 1. The van der Waals surface area contributed by atoms with Crippen molar-refractivity contribution >= 4 is 22.1 Å². The molecule has 4 aliphatic rings. The molecule has 6 heterocycles. The first-order valence-corrected chi connectivity index (χ1v) is 14.5. The molecule has 0 saturated carbocycles. The number of hydrogen-bond donors (Lipinski definition) is 2. The van der Waals surface area contributed by atoms with Crippen molar-refractivity contribution in [2.45, 2.75) is 55.9 Å². The van der Waals surface area contributed by atoms with Gasteiger partial charge in [0.05, 0.1) is 5.54 Å². The first-order valence-electron chi connectivity index (χ1n) is 14.5. The van der Waals surface area contributed by atoms with E-state index in [2.05, 4.69) is 20.2 Å². The molecule has 2 unspecified atom stereocenters. The second-order valence-corrected chi connectivity index (χ2v) is 12.2. The fraction of sp³-hybridized carbons (Fsp3) is 0.467. The van der Waals surface area contributed by atoms with Gasteiger partial charge < -0.3 is 20.1 Å². The van der Waals surface area contributed by atoms with Crippen LogP contribution in [0.15, 0.2) is 30.3 Å². The third-order valence-electron chi connectivity index (χ3n) is 9.56. The fourth-order valence-electron chi connectivity index (χ4n) is 7.68. The summed E-state index contributed by atoms with van der Waals surface area (Å²) in [7, 11) is 0. The van der Waals surface area contributed by atoms with Crippen LogP contribution in [0, 0.1) is 17.6 Å². The van der Waals surface area contributed by atoms with Gasteiger partial charge in [0, 0.05) is 54.7 Å². The van der Waals surface area contributed by atoms with Crippen LogP contribution >= 0.6 is 0 Å². The van der Waals surface area contributed by atoms with Crippen molar-refractivity contribution in [2.24, 2.45) is 0 Å². The molecule has 0 aliphatic carbocycles. The zero-order valence-electron chi connectivity index (χ0n) is 22.8. The quantitative estimate of drug-likeness (QED) is 0.334. The molecule has 0 spiro atoms. The molecule has 220 valence electrons. The number of rotatable bonds is 5. The second kappa shape index (κ2) is 9.43. The van der Waals surface area contributed by atoms with Crippen LogP contribution in [0.3, 0.4) is 0 Å². The molecule has 2 bridgehead atoms. The van der Waals surface area contributed by atoms with Crippen molar-refractivity contribution in [3.8, 4) is 22.9 Å². The molecule has 0 amide bonds. The van der Waals surface area contributed by atoms with E-state index < -0.39 is 29.3 Å². The van der Waals surface area contributed by atoms with E-state index in [0.29, 0.717) is 37.4 Å². The number of hydrogen-bond acceptors (Lipinski definition) is 7. The molecule has 2 N–H and O–H groups in total. The maximum atomic E-state index is 16.3. The molecule has 12 heteroatoms. The van der Waals surface area contributed by atoms with E-state index in [1.165, 1.54) is 24.3 Å². The van der Waals surface area contributed by atoms with Gasteiger partial charge >= 0.3 is 6.01 Å². The normalized spacial score (nSPS) is 27.4. The van der Waals surface area contributed by atoms with Crippen LogP contribution in [0.1, 0.15) is 32.1 Å². The van der Waals surface area contributed by atoms with Crippen LogP contribution in [0.5, 0.6) is 11.8 Å². The van der Waals surface area contributed by atoms with E-state index in [1.54, 1.807) is 0 Å². The van der Waals surface area contributed by atoms with Gasteiger partial charge in [-0.1, -0.05) is 6.07 Å². The molecule has 4 saturated heterocycles. The number of aromatic nitrogens is 3. The Labute approximate surface area is 238 Å². The minimum absolute atomic E-state index is 0.000715. The lowest BCUT2D eigenvalue weighted by atomic mass is 9.95. The monoisotopic (exact) mass is 582 g/mol. The van der Waals surface area contributed by atoms with Crippen molar-refractivity contribution in [2.75, 3.05) is 37.7 Å². The lowest BCUT2D eigenvalue weighted by Gasteiger charge is -2.34. The molecule has 2 aromatic heterocycles. The highest BCUT2D eigenvalue weighted by atomic mass is 19.2. The van der Waals surface area contributed by atoms with Crippen molar-refractivity contribution < 1.29 is 27.4 Å². The summed E-state index contributed by atoms with van der Waals surface area (Å²) in [6.07, 6.45) is 3.26. The molecule has 42 heavy (non-hydrogen) atoms. The third kappa shape index (κ3) is 4.02. The van der Waals surface area contributed by atoms with E-state index in [-0.39, 0.29) is 52.3 Å². The molecular weight excluding hydrogens is 552 g/mol. The Kier molecular flexibility index (Phi) is 5.84. The first-order chi connectivity index (χ1) is 20.3. The Morgan fingerprint density at radius 1 is 1.05 bits per heavy atom. The summed E-state index contributed by atoms with van der Waals surface area (Å²) in [5.41, 5.74) is -0.147. The number of nitrogens with zero attached hydrogens (tertiary/aromatic N) is 5. The highest BCUT2D eigenvalue weighted by Crippen LogP contribution is 2.42. The SMILES string of the molecule is Oc1cc(-c2cc3c(N4CC5CCC(C4)N5)nc(OC[C@@]45CCCN4C[C@H](F)C5)nn3c2F)c2c(F)c(F)ccc2c1. The number of ether oxygens (including phenoxy) is 1. The summed E-state index contributed by atoms with van der Waals surface area (Å²) in [5, 5.41) is 18.5. The molecule has 4 atom stereocenters. The first kappa shape index (κ1) is 26.0. The number of alkyl halides is 1. The Balaban J connectivity index is 1.26. The molecular formula is C30H30F4N6O2. The zero-order valence-corrected chi connectivity index (χ0v) is 22.8. The largest absolute Gasteiger partial charge is 0.508 e. The van der Waals surface area contributed by atoms with E-state index in [0.717, 1.165) is 42.8 Å². The summed E-state index contributed by atoms with van der Waals surface area (Å²) in [4.78, 5) is 8.96. The maximum Gasteiger partial charge on any atom is 0.336 e. The molecule has 8 rings (SSSR count). The fourth-order valence-corrected chi connectivity index (χ4v) is 7.68. The van der Waals surface area contributed by atoms with Gasteiger partial charge in [0.1, 0.15) is 24.0 Å². The molecule has 4 aromatic rings. The number of anilines is 1. The van der Waals surface area contributed by atoms with Gasteiger partial charge in [-0.2, -0.15) is 13.9 Å². The smallest absolute Gasteiger partial charge is 0.336 e. The summed E-state index contributed by atoms with van der Waals surface area (Å²) in [6, 6.07) is 6.85. The van der Waals surface area contributed by atoms with Gasteiger partial charge in [0.15, 0.2) is 17.5 Å². The minimum Gasteiger partial charge on any atom is -0.508 e. The number of aromatic hydroxyl groups is 1. The predicted molar refractivity (Wildman–Crippen MR) is 148 cm³/mol. The average Bonchev–Trinajstić information content (AvgIpc) is 3.69. The number of halogens is 4. The highest BCUT2D eigenvalue weighted by molar-refractivity contribution is 5.99. The Morgan fingerprint density at radius 3 is 2.67 bits per heavy atom. The Hall–Kier alpha value is -3.64. The van der Waals surface area contributed by atoms with Gasteiger partial charge in [-0.25, -0.2) is 13.2 Å². The summed E-state index contributed by atoms with van der Waals surface area (Å²) in [5.74, 6) is -2.77. The van der Waals surface area contributed by atoms with Crippen LogP contribution in [0.25, 0.3) is 27.4 Å². The number of benzene rings is 2. The molecule has 8 nitrogen and oxygen atoms in total. The predicted octanol–water partition coefficient (Wildman–Crippen LogP) is 4.57. The lowest BCUT2D eigenvalue weighted by Crippen LogP contribution is -2.51. The van der Waals surface area contributed by atoms with E-state index in [1.807, 2.05) is 0 Å². The standard InChI is InChI=1S/C30H30F4N6O2/c31-17-11-30(6-1-7-39(30)12-17)15-42-29-36-28(38-13-18-3-4-19(14-38)35-18)24-10-22(27(34)40(24)37-29)21-9-20(41)8-16-2-5-23(32)26(33)25(16)21/h2,5,8-10,17-19,35,41H,1,3-4,6-7,11-15H2/t17-,18?,19?,30+/m1/s1. The number of piperazine rings is 1. The Bertz CT molecular complexity index is 1720. The summed E-state index contributed by atoms with van der Waals surface area (Å²) >= 11 is 0. The van der Waals surface area contributed by atoms with Crippen LogP contribution in [-0.2, 0) is 0 Å². The highest BCUT2D eigenvalue weighted by Gasteiger charge is 2.49. The van der Waals surface area contributed by atoms with Crippen LogP contribution in [0.2, 0.25) is 0 Å². The second-order valence-electron chi connectivity index (χ2n) is 12.2. The van der Waals surface area contributed by atoms with Gasteiger partial charge in [0.25, 0.3) is 0 Å². The average molecular weight is 583 g/mol.